The molecule has 0 aliphatic carbocycles. The van der Waals surface area contributed by atoms with Crippen molar-refractivity contribution in [1.29, 1.82) is 0 Å². The minimum atomic E-state index is 0.0362. The van der Waals surface area contributed by atoms with Gasteiger partial charge in [-0.3, -0.25) is 4.79 Å². The van der Waals surface area contributed by atoms with Crippen molar-refractivity contribution in [3.8, 4) is 5.75 Å². The third-order valence-corrected chi connectivity index (χ3v) is 3.80. The number of methoxy groups -OCH3 is 1. The molecule has 20 heavy (non-hydrogen) atoms. The number of ether oxygens (including phenoxy) is 1. The predicted molar refractivity (Wildman–Crippen MR) is 82.2 cm³/mol. The summed E-state index contributed by atoms with van der Waals surface area (Å²) in [6, 6.07) is 10.6. The fraction of sp³-hybridized carbons (Fsp3) is 0.188. The van der Waals surface area contributed by atoms with Gasteiger partial charge in [-0.2, -0.15) is 0 Å². The molecule has 4 heteroatoms. The lowest BCUT2D eigenvalue weighted by Gasteiger charge is -2.07. The molecule has 0 amide bonds. The van der Waals surface area contributed by atoms with Crippen LogP contribution >= 0.6 is 23.2 Å². The number of hydrogen-bond donors (Lipinski definition) is 0. The van der Waals surface area contributed by atoms with Crippen molar-refractivity contribution >= 4 is 29.0 Å². The van der Waals surface area contributed by atoms with Gasteiger partial charge in [0.2, 0.25) is 0 Å². The Morgan fingerprint density at radius 2 is 1.85 bits per heavy atom. The third-order valence-electron chi connectivity index (χ3n) is 3.07. The summed E-state index contributed by atoms with van der Waals surface area (Å²) >= 11 is 11.8. The Morgan fingerprint density at radius 1 is 1.10 bits per heavy atom. The summed E-state index contributed by atoms with van der Waals surface area (Å²) in [5.41, 5.74) is 2.44. The Balaban J connectivity index is 2.19. The molecule has 0 saturated heterocycles. The fourth-order valence-corrected chi connectivity index (χ4v) is 2.31. The maximum Gasteiger partial charge on any atom is 0.167 e. The molecular formula is C16H14Cl2O2. The summed E-state index contributed by atoms with van der Waals surface area (Å²) in [6.07, 6.45) is 0.294. The van der Waals surface area contributed by atoms with Gasteiger partial charge >= 0.3 is 0 Å². The molecule has 0 bridgehead atoms. The van der Waals surface area contributed by atoms with E-state index >= 15 is 0 Å². The van der Waals surface area contributed by atoms with Gasteiger partial charge in [0, 0.05) is 12.0 Å². The normalized spacial score (nSPS) is 10.4. The first kappa shape index (κ1) is 14.9. The Hall–Kier alpha value is -1.51. The average Bonchev–Trinajstić information content (AvgIpc) is 2.42. The van der Waals surface area contributed by atoms with Gasteiger partial charge in [-0.15, -0.1) is 0 Å². The van der Waals surface area contributed by atoms with Crippen molar-refractivity contribution in [2.45, 2.75) is 13.3 Å². The molecule has 2 nitrogen and oxygen atoms in total. The van der Waals surface area contributed by atoms with E-state index in [2.05, 4.69) is 0 Å². The van der Waals surface area contributed by atoms with E-state index in [9.17, 15) is 4.79 Å². The van der Waals surface area contributed by atoms with E-state index in [-0.39, 0.29) is 5.78 Å². The molecule has 0 aromatic heterocycles. The topological polar surface area (TPSA) is 26.3 Å². The Morgan fingerprint density at radius 3 is 2.45 bits per heavy atom. The van der Waals surface area contributed by atoms with E-state index in [1.54, 1.807) is 31.4 Å². The van der Waals surface area contributed by atoms with Crippen molar-refractivity contribution in [1.82, 2.24) is 0 Å². The molecule has 0 spiro atoms. The predicted octanol–water partition coefficient (Wildman–Crippen LogP) is 4.74. The van der Waals surface area contributed by atoms with E-state index in [0.717, 1.165) is 16.9 Å². The first-order valence-electron chi connectivity index (χ1n) is 6.13. The quantitative estimate of drug-likeness (QED) is 0.763. The van der Waals surface area contributed by atoms with Crippen molar-refractivity contribution in [2.75, 3.05) is 7.11 Å². The molecule has 104 valence electrons. The number of carbonyl (C=O) groups excluding carboxylic acids is 1. The second kappa shape index (κ2) is 6.29. The van der Waals surface area contributed by atoms with Gasteiger partial charge < -0.3 is 4.74 Å². The van der Waals surface area contributed by atoms with Crippen LogP contribution in [0.25, 0.3) is 0 Å². The molecule has 0 atom stereocenters. The minimum absolute atomic E-state index is 0.0362. The molecule has 0 N–H and O–H groups in total. The van der Waals surface area contributed by atoms with Crippen LogP contribution in [0.1, 0.15) is 21.5 Å². The second-order valence-electron chi connectivity index (χ2n) is 4.53. The second-order valence-corrected chi connectivity index (χ2v) is 5.35. The Kier molecular flexibility index (Phi) is 4.69. The van der Waals surface area contributed by atoms with Crippen LogP contribution in [-0.4, -0.2) is 12.9 Å². The van der Waals surface area contributed by atoms with Crippen LogP contribution in [0, 0.1) is 6.92 Å². The molecule has 2 rings (SSSR count). The van der Waals surface area contributed by atoms with Crippen LogP contribution in [0.3, 0.4) is 0 Å². The first-order valence-corrected chi connectivity index (χ1v) is 6.88. The zero-order valence-electron chi connectivity index (χ0n) is 11.2. The highest BCUT2D eigenvalue weighted by molar-refractivity contribution is 6.42. The summed E-state index contributed by atoms with van der Waals surface area (Å²) in [6.45, 7) is 1.91. The monoisotopic (exact) mass is 308 g/mol. The van der Waals surface area contributed by atoms with E-state index in [1.165, 1.54) is 0 Å². The SMILES string of the molecule is COc1ccc(C(=O)Cc2ccc(Cl)c(Cl)c2)cc1C. The molecule has 2 aromatic rings. The molecule has 0 radical (unpaired) electrons. The van der Waals surface area contributed by atoms with Gasteiger partial charge in [0.1, 0.15) is 5.75 Å². The lowest BCUT2D eigenvalue weighted by Crippen LogP contribution is -2.04. The highest BCUT2D eigenvalue weighted by Gasteiger charge is 2.10. The summed E-state index contributed by atoms with van der Waals surface area (Å²) in [7, 11) is 1.61. The molecular weight excluding hydrogens is 295 g/mol. The van der Waals surface area contributed by atoms with Crippen molar-refractivity contribution in [2.24, 2.45) is 0 Å². The molecule has 0 unspecified atom stereocenters. The lowest BCUT2D eigenvalue weighted by atomic mass is 10.0. The largest absolute Gasteiger partial charge is 0.496 e. The summed E-state index contributed by atoms with van der Waals surface area (Å²) in [5.74, 6) is 0.810. The molecule has 0 aliphatic heterocycles. The summed E-state index contributed by atoms with van der Waals surface area (Å²) in [4.78, 5) is 12.2. The number of Topliss-reactive ketones (excluding diaryl/α,β-unsaturated/α-hetero) is 1. The number of rotatable bonds is 4. The fourth-order valence-electron chi connectivity index (χ4n) is 1.99. The Bertz CT molecular complexity index is 651. The van der Waals surface area contributed by atoms with Gasteiger partial charge in [0.05, 0.1) is 17.2 Å². The van der Waals surface area contributed by atoms with Crippen LogP contribution < -0.4 is 4.74 Å². The highest BCUT2D eigenvalue weighted by Crippen LogP contribution is 2.24. The van der Waals surface area contributed by atoms with Gasteiger partial charge in [-0.1, -0.05) is 29.3 Å². The van der Waals surface area contributed by atoms with Gasteiger partial charge in [-0.05, 0) is 48.4 Å². The first-order chi connectivity index (χ1) is 9.51. The van der Waals surface area contributed by atoms with E-state index in [4.69, 9.17) is 27.9 Å². The maximum atomic E-state index is 12.2. The van der Waals surface area contributed by atoms with E-state index in [1.807, 2.05) is 19.1 Å². The molecule has 0 saturated carbocycles. The summed E-state index contributed by atoms with van der Waals surface area (Å²) < 4.78 is 5.18. The highest BCUT2D eigenvalue weighted by atomic mass is 35.5. The third kappa shape index (κ3) is 3.33. The van der Waals surface area contributed by atoms with Crippen molar-refractivity contribution in [3.63, 3.8) is 0 Å². The lowest BCUT2D eigenvalue weighted by molar-refractivity contribution is 0.0993. The van der Waals surface area contributed by atoms with Crippen LogP contribution in [0.4, 0.5) is 0 Å². The number of carbonyl (C=O) groups is 1. The van der Waals surface area contributed by atoms with Crippen LogP contribution in [0.15, 0.2) is 36.4 Å². The number of hydrogen-bond acceptors (Lipinski definition) is 2. The molecule has 2 aromatic carbocycles. The van der Waals surface area contributed by atoms with Gasteiger partial charge in [0.15, 0.2) is 5.78 Å². The van der Waals surface area contributed by atoms with Gasteiger partial charge in [0.25, 0.3) is 0 Å². The van der Waals surface area contributed by atoms with Gasteiger partial charge in [-0.25, -0.2) is 0 Å². The van der Waals surface area contributed by atoms with Crippen LogP contribution in [0.5, 0.6) is 5.75 Å². The molecule has 0 fully saturated rings. The Labute approximate surface area is 128 Å². The van der Waals surface area contributed by atoms with E-state index in [0.29, 0.717) is 22.0 Å². The smallest absolute Gasteiger partial charge is 0.167 e. The molecule has 0 aliphatic rings. The summed E-state index contributed by atoms with van der Waals surface area (Å²) in [5, 5.41) is 0.950. The maximum absolute atomic E-state index is 12.2. The number of ketones is 1. The van der Waals surface area contributed by atoms with Crippen LogP contribution in [0.2, 0.25) is 10.0 Å². The number of benzene rings is 2. The molecule has 0 heterocycles. The van der Waals surface area contributed by atoms with Crippen molar-refractivity contribution < 1.29 is 9.53 Å². The standard InChI is InChI=1S/C16H14Cl2O2/c1-10-7-12(4-6-16(10)20-2)15(19)9-11-3-5-13(17)14(18)8-11/h3-8H,9H2,1-2H3. The number of aryl methyl sites for hydroxylation is 1. The zero-order chi connectivity index (χ0) is 14.7. The van der Waals surface area contributed by atoms with Crippen LogP contribution in [-0.2, 0) is 6.42 Å². The minimum Gasteiger partial charge on any atom is -0.496 e. The number of halogens is 2. The zero-order valence-corrected chi connectivity index (χ0v) is 12.8. The average molecular weight is 309 g/mol. The van der Waals surface area contributed by atoms with E-state index < -0.39 is 0 Å². The van der Waals surface area contributed by atoms with Crippen molar-refractivity contribution in [3.05, 3.63) is 63.1 Å².